The van der Waals surface area contributed by atoms with Crippen LogP contribution in [0.15, 0.2) is 22.9 Å². The van der Waals surface area contributed by atoms with Crippen LogP contribution in [-0.2, 0) is 20.0 Å². The third-order valence-corrected chi connectivity index (χ3v) is 2.66. The Kier molecular flexibility index (Phi) is 3.36. The molecule has 2 rings (SSSR count). The fourth-order valence-electron chi connectivity index (χ4n) is 1.79. The van der Waals surface area contributed by atoms with Gasteiger partial charge in [0, 0.05) is 13.2 Å². The highest BCUT2D eigenvalue weighted by atomic mass is 16.4. The van der Waals surface area contributed by atoms with Crippen molar-refractivity contribution in [3.05, 3.63) is 35.5 Å². The van der Waals surface area contributed by atoms with Crippen LogP contribution in [0.4, 0.5) is 5.69 Å². The summed E-state index contributed by atoms with van der Waals surface area (Å²) in [6.07, 6.45) is 4.06. The minimum Gasteiger partial charge on any atom is -0.478 e. The Bertz CT molecular complexity index is 557. The molecule has 0 radical (unpaired) electrons. The maximum atomic E-state index is 10.9. The summed E-state index contributed by atoms with van der Waals surface area (Å²) in [5.41, 5.74) is 2.03. The van der Waals surface area contributed by atoms with E-state index in [1.165, 1.54) is 12.3 Å². The minimum atomic E-state index is -0.984. The molecule has 0 unspecified atom stereocenters. The normalized spacial score (nSPS) is 10.6. The number of carbonyl (C=O) groups is 1. The number of aryl methyl sites for hydroxylation is 2. The standard InChI is InChI=1S/C12H15N3O3/c1-3-9-10(7-15(2)14-9)13-6-11-8(12(16)17)4-5-18-11/h4-5,7,13H,3,6H2,1-2H3,(H,16,17). The van der Waals surface area contributed by atoms with Gasteiger partial charge in [0.2, 0.25) is 0 Å². The van der Waals surface area contributed by atoms with E-state index in [0.29, 0.717) is 12.3 Å². The molecule has 0 aliphatic carbocycles. The van der Waals surface area contributed by atoms with Crippen molar-refractivity contribution in [2.75, 3.05) is 5.32 Å². The number of hydrogen-bond donors (Lipinski definition) is 2. The van der Waals surface area contributed by atoms with Gasteiger partial charge in [-0.3, -0.25) is 4.68 Å². The van der Waals surface area contributed by atoms with Gasteiger partial charge in [0.05, 0.1) is 24.2 Å². The van der Waals surface area contributed by atoms with Crippen molar-refractivity contribution >= 4 is 11.7 Å². The Morgan fingerprint density at radius 3 is 3.06 bits per heavy atom. The number of hydrogen-bond acceptors (Lipinski definition) is 4. The van der Waals surface area contributed by atoms with E-state index in [1.807, 2.05) is 20.2 Å². The SMILES string of the molecule is CCc1nn(C)cc1NCc1occc1C(=O)O. The number of furan rings is 1. The molecule has 6 heteroatoms. The van der Waals surface area contributed by atoms with Crippen molar-refractivity contribution in [1.29, 1.82) is 0 Å². The van der Waals surface area contributed by atoms with Crippen molar-refractivity contribution in [2.45, 2.75) is 19.9 Å². The van der Waals surface area contributed by atoms with E-state index in [0.717, 1.165) is 17.8 Å². The summed E-state index contributed by atoms with van der Waals surface area (Å²) in [5.74, 6) is -0.573. The van der Waals surface area contributed by atoms with Crippen molar-refractivity contribution in [3.8, 4) is 0 Å². The van der Waals surface area contributed by atoms with Gasteiger partial charge in [0.25, 0.3) is 0 Å². The van der Waals surface area contributed by atoms with Gasteiger partial charge in [-0.05, 0) is 12.5 Å². The van der Waals surface area contributed by atoms with Crippen LogP contribution in [0.3, 0.4) is 0 Å². The molecule has 0 aromatic carbocycles. The van der Waals surface area contributed by atoms with Crippen molar-refractivity contribution in [1.82, 2.24) is 9.78 Å². The Hall–Kier alpha value is -2.24. The zero-order chi connectivity index (χ0) is 13.1. The smallest absolute Gasteiger partial charge is 0.339 e. The fraction of sp³-hybridized carbons (Fsp3) is 0.333. The van der Waals surface area contributed by atoms with Gasteiger partial charge in [-0.25, -0.2) is 4.79 Å². The van der Waals surface area contributed by atoms with E-state index in [4.69, 9.17) is 9.52 Å². The number of rotatable bonds is 5. The zero-order valence-corrected chi connectivity index (χ0v) is 10.3. The molecule has 2 N–H and O–H groups in total. The van der Waals surface area contributed by atoms with Crippen LogP contribution < -0.4 is 5.32 Å². The summed E-state index contributed by atoms with van der Waals surface area (Å²) >= 11 is 0. The molecule has 0 bridgehead atoms. The first kappa shape index (κ1) is 12.2. The molecule has 2 aromatic rings. The number of carboxylic acid groups (broad SMARTS) is 1. The summed E-state index contributed by atoms with van der Waals surface area (Å²) in [7, 11) is 1.85. The number of nitrogens with zero attached hydrogens (tertiary/aromatic N) is 2. The number of aromatic nitrogens is 2. The van der Waals surface area contributed by atoms with Gasteiger partial charge in [-0.2, -0.15) is 5.10 Å². The van der Waals surface area contributed by atoms with Crippen LogP contribution in [-0.4, -0.2) is 20.9 Å². The van der Waals surface area contributed by atoms with Crippen molar-refractivity contribution in [2.24, 2.45) is 7.05 Å². The van der Waals surface area contributed by atoms with Gasteiger partial charge in [0.1, 0.15) is 11.3 Å². The average molecular weight is 249 g/mol. The molecule has 2 heterocycles. The zero-order valence-electron chi connectivity index (χ0n) is 10.3. The lowest BCUT2D eigenvalue weighted by atomic mass is 10.2. The second-order valence-corrected chi connectivity index (χ2v) is 3.93. The van der Waals surface area contributed by atoms with Gasteiger partial charge < -0.3 is 14.8 Å². The molecule has 0 atom stereocenters. The summed E-state index contributed by atoms with van der Waals surface area (Å²) in [6.45, 7) is 2.34. The van der Waals surface area contributed by atoms with Gasteiger partial charge in [0.15, 0.2) is 0 Å². The highest BCUT2D eigenvalue weighted by molar-refractivity contribution is 5.88. The topological polar surface area (TPSA) is 80.3 Å². The molecule has 0 spiro atoms. The molecule has 0 fully saturated rings. The van der Waals surface area contributed by atoms with E-state index in [2.05, 4.69) is 10.4 Å². The monoisotopic (exact) mass is 249 g/mol. The summed E-state index contributed by atoms with van der Waals surface area (Å²) in [5, 5.41) is 16.4. The highest BCUT2D eigenvalue weighted by Crippen LogP contribution is 2.17. The lowest BCUT2D eigenvalue weighted by Gasteiger charge is -2.04. The van der Waals surface area contributed by atoms with Crippen LogP contribution in [0, 0.1) is 0 Å². The van der Waals surface area contributed by atoms with Gasteiger partial charge in [-0.15, -0.1) is 0 Å². The summed E-state index contributed by atoms with van der Waals surface area (Å²) in [4.78, 5) is 10.9. The Morgan fingerprint density at radius 1 is 1.61 bits per heavy atom. The molecule has 6 nitrogen and oxygen atoms in total. The predicted molar refractivity (Wildman–Crippen MR) is 65.6 cm³/mol. The fourth-order valence-corrected chi connectivity index (χ4v) is 1.79. The Morgan fingerprint density at radius 2 is 2.39 bits per heavy atom. The van der Waals surface area contributed by atoms with Crippen LogP contribution >= 0.6 is 0 Å². The lowest BCUT2D eigenvalue weighted by Crippen LogP contribution is -2.05. The van der Waals surface area contributed by atoms with Crippen LogP contribution in [0.25, 0.3) is 0 Å². The van der Waals surface area contributed by atoms with Gasteiger partial charge in [-0.1, -0.05) is 6.92 Å². The maximum Gasteiger partial charge on any atom is 0.339 e. The molecule has 96 valence electrons. The third-order valence-electron chi connectivity index (χ3n) is 2.66. The molecular formula is C12H15N3O3. The molecule has 18 heavy (non-hydrogen) atoms. The molecule has 2 aromatic heterocycles. The first-order chi connectivity index (χ1) is 8.61. The van der Waals surface area contributed by atoms with E-state index >= 15 is 0 Å². The third kappa shape index (κ3) is 2.37. The number of carboxylic acids is 1. The van der Waals surface area contributed by atoms with Crippen molar-refractivity contribution < 1.29 is 14.3 Å². The number of nitrogens with one attached hydrogen (secondary N) is 1. The van der Waals surface area contributed by atoms with Crippen LogP contribution in [0.1, 0.15) is 28.7 Å². The molecule has 0 aliphatic heterocycles. The Balaban J connectivity index is 2.11. The maximum absolute atomic E-state index is 10.9. The largest absolute Gasteiger partial charge is 0.478 e. The van der Waals surface area contributed by atoms with E-state index < -0.39 is 5.97 Å². The predicted octanol–water partition coefficient (Wildman–Crippen LogP) is 1.89. The number of aromatic carboxylic acids is 1. The lowest BCUT2D eigenvalue weighted by molar-refractivity contribution is 0.0694. The number of anilines is 1. The summed E-state index contributed by atoms with van der Waals surface area (Å²) in [6, 6.07) is 1.45. The second-order valence-electron chi connectivity index (χ2n) is 3.93. The highest BCUT2D eigenvalue weighted by Gasteiger charge is 2.14. The van der Waals surface area contributed by atoms with E-state index in [9.17, 15) is 4.79 Å². The molecule has 0 saturated carbocycles. The summed E-state index contributed by atoms with van der Waals surface area (Å²) < 4.78 is 6.88. The Labute approximate surface area is 104 Å². The molecule has 0 aliphatic rings. The van der Waals surface area contributed by atoms with Gasteiger partial charge >= 0.3 is 5.97 Å². The van der Waals surface area contributed by atoms with Crippen LogP contribution in [0.2, 0.25) is 0 Å². The van der Waals surface area contributed by atoms with E-state index in [1.54, 1.807) is 4.68 Å². The first-order valence-corrected chi connectivity index (χ1v) is 5.68. The molecular weight excluding hydrogens is 234 g/mol. The quantitative estimate of drug-likeness (QED) is 0.845. The molecule has 0 saturated heterocycles. The molecule has 0 amide bonds. The first-order valence-electron chi connectivity index (χ1n) is 5.68. The van der Waals surface area contributed by atoms with Crippen LogP contribution in [0.5, 0.6) is 0 Å². The van der Waals surface area contributed by atoms with E-state index in [-0.39, 0.29) is 5.56 Å². The minimum absolute atomic E-state index is 0.185. The second kappa shape index (κ2) is 4.95. The van der Waals surface area contributed by atoms with Crippen molar-refractivity contribution in [3.63, 3.8) is 0 Å². The average Bonchev–Trinajstić information content (AvgIpc) is 2.92.